The van der Waals surface area contributed by atoms with Crippen LogP contribution in [0.5, 0.6) is 5.75 Å². The van der Waals surface area contributed by atoms with Crippen molar-refractivity contribution in [3.63, 3.8) is 0 Å². The number of hydrogen-bond acceptors (Lipinski definition) is 3. The molecule has 0 saturated heterocycles. The highest BCUT2D eigenvalue weighted by Gasteiger charge is 2.15. The van der Waals surface area contributed by atoms with Gasteiger partial charge in [0.15, 0.2) is 0 Å². The van der Waals surface area contributed by atoms with E-state index >= 15 is 0 Å². The lowest BCUT2D eigenvalue weighted by Gasteiger charge is -2.24. The molecule has 110 valence electrons. The highest BCUT2D eigenvalue weighted by molar-refractivity contribution is 5.61. The summed E-state index contributed by atoms with van der Waals surface area (Å²) in [4.78, 5) is 2.16. The van der Waals surface area contributed by atoms with Crippen LogP contribution in [0.4, 0.5) is 10.1 Å². The average molecular weight is 286 g/mol. The molecule has 2 aromatic carbocycles. The van der Waals surface area contributed by atoms with Gasteiger partial charge in [0.1, 0.15) is 18.2 Å². The topological polar surface area (TPSA) is 24.5 Å². The van der Waals surface area contributed by atoms with Crippen LogP contribution in [0, 0.1) is 5.82 Å². The van der Waals surface area contributed by atoms with Crippen LogP contribution in [0.3, 0.4) is 0 Å². The first-order valence-corrected chi connectivity index (χ1v) is 7.14. The van der Waals surface area contributed by atoms with Gasteiger partial charge >= 0.3 is 0 Å². The van der Waals surface area contributed by atoms with Crippen LogP contribution in [-0.4, -0.2) is 25.1 Å². The molecule has 0 unspecified atom stereocenters. The van der Waals surface area contributed by atoms with Crippen molar-refractivity contribution in [1.29, 1.82) is 0 Å². The Labute approximate surface area is 124 Å². The maximum atomic E-state index is 13.2. The summed E-state index contributed by atoms with van der Waals surface area (Å²) in [6.07, 6.45) is 0. The third-order valence-corrected chi connectivity index (χ3v) is 3.54. The van der Waals surface area contributed by atoms with Gasteiger partial charge in [-0.05, 0) is 30.8 Å². The summed E-state index contributed by atoms with van der Waals surface area (Å²) < 4.78 is 19.0. The molecule has 0 amide bonds. The maximum absolute atomic E-state index is 13.2. The molecule has 4 heteroatoms. The van der Waals surface area contributed by atoms with E-state index in [1.54, 1.807) is 12.1 Å². The van der Waals surface area contributed by atoms with Crippen LogP contribution in [0.25, 0.3) is 0 Å². The number of halogens is 1. The fourth-order valence-electron chi connectivity index (χ4n) is 2.65. The summed E-state index contributed by atoms with van der Waals surface area (Å²) in [7, 11) is 2.03. The van der Waals surface area contributed by atoms with Crippen LogP contribution in [0.1, 0.15) is 11.1 Å². The standard InChI is InChI=1S/C17H19FN2O/c1-20(11-13-4-2-6-15(18)10-13)12-14-5-3-7-16-17(14)21-9-8-19-16/h2-7,10,19H,8-9,11-12H2,1H3. The minimum atomic E-state index is -0.189. The Bertz CT molecular complexity index is 630. The van der Waals surface area contributed by atoms with Crippen LogP contribution >= 0.6 is 0 Å². The highest BCUT2D eigenvalue weighted by Crippen LogP contribution is 2.32. The Morgan fingerprint density at radius 1 is 1.19 bits per heavy atom. The number of nitrogens with one attached hydrogen (secondary N) is 1. The van der Waals surface area contributed by atoms with Gasteiger partial charge in [0.2, 0.25) is 0 Å². The molecule has 0 aliphatic carbocycles. The van der Waals surface area contributed by atoms with Gasteiger partial charge in [-0.15, -0.1) is 0 Å². The number of rotatable bonds is 4. The SMILES string of the molecule is CN(Cc1cccc(F)c1)Cc1cccc2c1OCCN2. The summed E-state index contributed by atoms with van der Waals surface area (Å²) in [6, 6.07) is 12.9. The van der Waals surface area contributed by atoms with E-state index in [0.29, 0.717) is 13.2 Å². The zero-order valence-electron chi connectivity index (χ0n) is 12.1. The number of anilines is 1. The Balaban J connectivity index is 1.71. The van der Waals surface area contributed by atoms with Crippen LogP contribution in [-0.2, 0) is 13.1 Å². The van der Waals surface area contributed by atoms with Crippen LogP contribution in [0.2, 0.25) is 0 Å². The lowest BCUT2D eigenvalue weighted by atomic mass is 10.1. The first kappa shape index (κ1) is 13.9. The third-order valence-electron chi connectivity index (χ3n) is 3.54. The van der Waals surface area contributed by atoms with Gasteiger partial charge in [0, 0.05) is 25.2 Å². The summed E-state index contributed by atoms with van der Waals surface area (Å²) in [5, 5.41) is 3.34. The number of benzene rings is 2. The number of fused-ring (bicyclic) bond motifs is 1. The molecule has 0 saturated carbocycles. The van der Waals surface area contributed by atoms with Gasteiger partial charge in [0.25, 0.3) is 0 Å². The van der Waals surface area contributed by atoms with Gasteiger partial charge in [-0.2, -0.15) is 0 Å². The molecule has 1 aliphatic rings. The quantitative estimate of drug-likeness (QED) is 0.933. The lowest BCUT2D eigenvalue weighted by molar-refractivity contribution is 0.291. The van der Waals surface area contributed by atoms with E-state index in [9.17, 15) is 4.39 Å². The smallest absolute Gasteiger partial charge is 0.146 e. The predicted molar refractivity (Wildman–Crippen MR) is 82.0 cm³/mol. The van der Waals surface area contributed by atoms with Crippen molar-refractivity contribution in [2.24, 2.45) is 0 Å². The molecule has 1 N–H and O–H groups in total. The third kappa shape index (κ3) is 3.34. The highest BCUT2D eigenvalue weighted by atomic mass is 19.1. The van der Waals surface area contributed by atoms with Crippen molar-refractivity contribution in [3.05, 3.63) is 59.4 Å². The number of nitrogens with zero attached hydrogens (tertiary/aromatic N) is 1. The van der Waals surface area contributed by atoms with Gasteiger partial charge in [-0.25, -0.2) is 4.39 Å². The van der Waals surface area contributed by atoms with Crippen molar-refractivity contribution in [1.82, 2.24) is 4.90 Å². The van der Waals surface area contributed by atoms with Crippen molar-refractivity contribution >= 4 is 5.69 Å². The van der Waals surface area contributed by atoms with Gasteiger partial charge < -0.3 is 10.1 Å². The molecule has 3 nitrogen and oxygen atoms in total. The molecule has 0 atom stereocenters. The van der Waals surface area contributed by atoms with E-state index in [4.69, 9.17) is 4.74 Å². The van der Waals surface area contributed by atoms with Crippen LogP contribution in [0.15, 0.2) is 42.5 Å². The number of hydrogen-bond donors (Lipinski definition) is 1. The molecule has 0 fully saturated rings. The number of ether oxygens (including phenoxy) is 1. The minimum Gasteiger partial charge on any atom is -0.489 e. The van der Waals surface area contributed by atoms with Gasteiger partial charge in [-0.1, -0.05) is 24.3 Å². The molecule has 3 rings (SSSR count). The van der Waals surface area contributed by atoms with Gasteiger partial charge in [-0.3, -0.25) is 4.90 Å². The zero-order valence-corrected chi connectivity index (χ0v) is 12.1. The summed E-state index contributed by atoms with van der Waals surface area (Å²) >= 11 is 0. The minimum absolute atomic E-state index is 0.189. The molecular weight excluding hydrogens is 267 g/mol. The Morgan fingerprint density at radius 2 is 2.05 bits per heavy atom. The molecular formula is C17H19FN2O. The van der Waals surface area contributed by atoms with E-state index in [1.165, 1.54) is 6.07 Å². The van der Waals surface area contributed by atoms with Crippen LogP contribution < -0.4 is 10.1 Å². The van der Waals surface area contributed by atoms with Crippen molar-refractivity contribution in [3.8, 4) is 5.75 Å². The molecule has 0 radical (unpaired) electrons. The molecule has 0 bridgehead atoms. The summed E-state index contributed by atoms with van der Waals surface area (Å²) in [5.74, 6) is 0.750. The fourth-order valence-corrected chi connectivity index (χ4v) is 2.65. The largest absolute Gasteiger partial charge is 0.489 e. The van der Waals surface area contributed by atoms with Crippen molar-refractivity contribution in [2.45, 2.75) is 13.1 Å². The number of para-hydroxylation sites is 1. The Kier molecular flexibility index (Phi) is 4.06. The van der Waals surface area contributed by atoms with E-state index in [-0.39, 0.29) is 5.82 Å². The van der Waals surface area contributed by atoms with E-state index in [1.807, 2.05) is 25.2 Å². The van der Waals surface area contributed by atoms with Crippen molar-refractivity contribution < 1.29 is 9.13 Å². The van der Waals surface area contributed by atoms with Crippen molar-refractivity contribution in [2.75, 3.05) is 25.5 Å². The molecule has 1 heterocycles. The first-order chi connectivity index (χ1) is 10.2. The lowest BCUT2D eigenvalue weighted by Crippen LogP contribution is -2.22. The predicted octanol–water partition coefficient (Wildman–Crippen LogP) is 3.26. The monoisotopic (exact) mass is 286 g/mol. The second-order valence-corrected chi connectivity index (χ2v) is 5.37. The fraction of sp³-hybridized carbons (Fsp3) is 0.294. The maximum Gasteiger partial charge on any atom is 0.146 e. The average Bonchev–Trinajstić information content (AvgIpc) is 2.47. The van der Waals surface area contributed by atoms with E-state index in [2.05, 4.69) is 16.3 Å². The Morgan fingerprint density at radius 3 is 2.90 bits per heavy atom. The summed E-state index contributed by atoms with van der Waals surface area (Å²) in [5.41, 5.74) is 3.18. The normalized spacial score (nSPS) is 13.5. The van der Waals surface area contributed by atoms with E-state index in [0.717, 1.165) is 35.7 Å². The molecule has 0 spiro atoms. The second kappa shape index (κ2) is 6.14. The Hall–Kier alpha value is -2.07. The van der Waals surface area contributed by atoms with E-state index < -0.39 is 0 Å². The second-order valence-electron chi connectivity index (χ2n) is 5.37. The molecule has 0 aromatic heterocycles. The first-order valence-electron chi connectivity index (χ1n) is 7.14. The summed E-state index contributed by atoms with van der Waals surface area (Å²) in [6.45, 7) is 3.00. The van der Waals surface area contributed by atoms with Gasteiger partial charge in [0.05, 0.1) is 5.69 Å². The molecule has 1 aliphatic heterocycles. The zero-order chi connectivity index (χ0) is 14.7. The molecule has 2 aromatic rings. The molecule has 21 heavy (non-hydrogen) atoms.